The third-order valence-corrected chi connectivity index (χ3v) is 1.89. The highest BCUT2D eigenvalue weighted by atomic mass is 31.2. The first-order valence-electron chi connectivity index (χ1n) is 4.40. The molecule has 0 unspecified atom stereocenters. The maximum absolute atomic E-state index is 5.50. The molecule has 0 atom stereocenters. The van der Waals surface area contributed by atoms with E-state index < -0.39 is 8.53 Å². The van der Waals surface area contributed by atoms with E-state index in [-0.39, 0.29) is 12.2 Å². The third kappa shape index (κ3) is 12.9. The van der Waals surface area contributed by atoms with E-state index in [1.54, 1.807) is 0 Å². The SMILES string of the molecule is CC.CC(C)OP(N)OC(C)C. The van der Waals surface area contributed by atoms with Crippen LogP contribution >= 0.6 is 8.53 Å². The summed E-state index contributed by atoms with van der Waals surface area (Å²) in [6.45, 7) is 11.7. The van der Waals surface area contributed by atoms with Crippen molar-refractivity contribution in [3.8, 4) is 0 Å². The van der Waals surface area contributed by atoms with Crippen molar-refractivity contribution in [3.05, 3.63) is 0 Å². The first-order chi connectivity index (χ1) is 5.52. The summed E-state index contributed by atoms with van der Waals surface area (Å²) < 4.78 is 10.4. The lowest BCUT2D eigenvalue weighted by atomic mass is 10.5. The van der Waals surface area contributed by atoms with E-state index in [0.717, 1.165) is 0 Å². The Labute approximate surface area is 77.6 Å². The largest absolute Gasteiger partial charge is 0.319 e. The van der Waals surface area contributed by atoms with E-state index in [1.165, 1.54) is 0 Å². The Kier molecular flexibility index (Phi) is 11.6. The summed E-state index contributed by atoms with van der Waals surface area (Å²) in [5, 5.41) is 0. The van der Waals surface area contributed by atoms with Crippen molar-refractivity contribution >= 4 is 8.53 Å². The molecule has 2 N–H and O–H groups in total. The lowest BCUT2D eigenvalue weighted by molar-refractivity contribution is 0.177. The Bertz CT molecular complexity index is 79.1. The van der Waals surface area contributed by atoms with Crippen LogP contribution in [0.5, 0.6) is 0 Å². The maximum atomic E-state index is 5.50. The fraction of sp³-hybridized carbons (Fsp3) is 1.00. The zero-order valence-corrected chi connectivity index (χ0v) is 9.89. The van der Waals surface area contributed by atoms with Gasteiger partial charge in [0.05, 0.1) is 12.2 Å². The zero-order chi connectivity index (χ0) is 10.1. The van der Waals surface area contributed by atoms with Gasteiger partial charge in [-0.15, -0.1) is 0 Å². The van der Waals surface area contributed by atoms with Crippen LogP contribution in [0.25, 0.3) is 0 Å². The average Bonchev–Trinajstić information content (AvgIpc) is 1.87. The van der Waals surface area contributed by atoms with Crippen LogP contribution in [0.2, 0.25) is 0 Å². The molecule has 3 nitrogen and oxygen atoms in total. The molecule has 0 heterocycles. The average molecular weight is 195 g/mol. The van der Waals surface area contributed by atoms with Gasteiger partial charge in [-0.25, -0.2) is 0 Å². The molecule has 0 rings (SSSR count). The lowest BCUT2D eigenvalue weighted by Gasteiger charge is -2.16. The van der Waals surface area contributed by atoms with Crippen molar-refractivity contribution < 1.29 is 9.05 Å². The van der Waals surface area contributed by atoms with Gasteiger partial charge < -0.3 is 9.05 Å². The van der Waals surface area contributed by atoms with Crippen LogP contribution in [0.1, 0.15) is 41.5 Å². The van der Waals surface area contributed by atoms with Crippen molar-refractivity contribution in [2.75, 3.05) is 0 Å². The summed E-state index contributed by atoms with van der Waals surface area (Å²) >= 11 is 0. The molecule has 0 aliphatic rings. The molecule has 12 heavy (non-hydrogen) atoms. The Balaban J connectivity index is 0. The molecule has 0 bridgehead atoms. The minimum absolute atomic E-state index is 0.148. The van der Waals surface area contributed by atoms with Crippen molar-refractivity contribution in [1.29, 1.82) is 0 Å². The van der Waals surface area contributed by atoms with Gasteiger partial charge in [-0.2, -0.15) is 0 Å². The standard InChI is InChI=1S/C6H16NO2P.C2H6/c1-5(2)8-10(7)9-6(3)4;1-2/h5-6H,7H2,1-4H3;1-2H3. The van der Waals surface area contributed by atoms with Gasteiger partial charge in [-0.1, -0.05) is 13.8 Å². The van der Waals surface area contributed by atoms with Crippen LogP contribution in [0.3, 0.4) is 0 Å². The molecule has 0 spiro atoms. The minimum atomic E-state index is -1.16. The van der Waals surface area contributed by atoms with Crippen LogP contribution in [0.15, 0.2) is 0 Å². The first kappa shape index (κ1) is 14.8. The second-order valence-corrected chi connectivity index (χ2v) is 3.59. The smallest absolute Gasteiger partial charge is 0.253 e. The molecule has 0 aliphatic heterocycles. The second-order valence-electron chi connectivity index (χ2n) is 2.59. The Morgan fingerprint density at radius 3 is 1.33 bits per heavy atom. The normalized spacial score (nSPS) is 10.5. The molecule has 0 aromatic carbocycles. The molecule has 0 saturated heterocycles. The maximum Gasteiger partial charge on any atom is 0.253 e. The van der Waals surface area contributed by atoms with E-state index in [0.29, 0.717) is 0 Å². The second kappa shape index (κ2) is 9.40. The lowest BCUT2D eigenvalue weighted by Crippen LogP contribution is -2.08. The number of rotatable bonds is 4. The van der Waals surface area contributed by atoms with Crippen molar-refractivity contribution in [2.45, 2.75) is 53.8 Å². The summed E-state index contributed by atoms with van der Waals surface area (Å²) in [6, 6.07) is 0. The van der Waals surface area contributed by atoms with Crippen LogP contribution in [0.4, 0.5) is 0 Å². The molecule has 0 fully saturated rings. The molecule has 0 amide bonds. The van der Waals surface area contributed by atoms with Gasteiger partial charge in [-0.05, 0) is 27.7 Å². The molecule has 0 saturated carbocycles. The van der Waals surface area contributed by atoms with Crippen LogP contribution < -0.4 is 5.50 Å². The Hall–Kier alpha value is 0.310. The predicted octanol–water partition coefficient (Wildman–Crippen LogP) is 3.05. The minimum Gasteiger partial charge on any atom is -0.319 e. The third-order valence-electron chi connectivity index (χ3n) is 0.629. The highest BCUT2D eigenvalue weighted by Gasteiger charge is 2.07. The Morgan fingerprint density at radius 1 is 0.917 bits per heavy atom. The molecular weight excluding hydrogens is 173 g/mol. The molecule has 4 heteroatoms. The van der Waals surface area contributed by atoms with Crippen LogP contribution in [0, 0.1) is 0 Å². The number of hydrogen-bond donors (Lipinski definition) is 1. The predicted molar refractivity (Wildman–Crippen MR) is 54.9 cm³/mol. The van der Waals surface area contributed by atoms with Crippen molar-refractivity contribution in [1.82, 2.24) is 0 Å². The van der Waals surface area contributed by atoms with E-state index in [9.17, 15) is 0 Å². The molecule has 0 aromatic rings. The van der Waals surface area contributed by atoms with Gasteiger partial charge in [-0.3, -0.25) is 5.50 Å². The van der Waals surface area contributed by atoms with Crippen LogP contribution in [-0.2, 0) is 9.05 Å². The molecule has 76 valence electrons. The molecule has 0 aromatic heterocycles. The summed E-state index contributed by atoms with van der Waals surface area (Å²) in [5.74, 6) is 0. The van der Waals surface area contributed by atoms with Crippen molar-refractivity contribution in [3.63, 3.8) is 0 Å². The van der Waals surface area contributed by atoms with E-state index in [2.05, 4.69) is 0 Å². The topological polar surface area (TPSA) is 44.5 Å². The highest BCUT2D eigenvalue weighted by Crippen LogP contribution is 2.31. The summed E-state index contributed by atoms with van der Waals surface area (Å²) in [6.07, 6.45) is 0.296. The summed E-state index contributed by atoms with van der Waals surface area (Å²) in [5.41, 5.74) is 5.50. The molecule has 0 radical (unpaired) electrons. The van der Waals surface area contributed by atoms with Crippen molar-refractivity contribution in [2.24, 2.45) is 5.50 Å². The highest BCUT2D eigenvalue weighted by molar-refractivity contribution is 7.44. The van der Waals surface area contributed by atoms with E-state index in [4.69, 9.17) is 14.6 Å². The van der Waals surface area contributed by atoms with Gasteiger partial charge in [0, 0.05) is 0 Å². The fourth-order valence-corrected chi connectivity index (χ4v) is 1.32. The van der Waals surface area contributed by atoms with Gasteiger partial charge >= 0.3 is 0 Å². The van der Waals surface area contributed by atoms with Gasteiger partial charge in [0.1, 0.15) is 0 Å². The fourth-order valence-electron chi connectivity index (χ4n) is 0.440. The monoisotopic (exact) mass is 195 g/mol. The summed E-state index contributed by atoms with van der Waals surface area (Å²) in [7, 11) is -1.16. The van der Waals surface area contributed by atoms with Crippen LogP contribution in [-0.4, -0.2) is 12.2 Å². The quantitative estimate of drug-likeness (QED) is 0.701. The van der Waals surface area contributed by atoms with Gasteiger partial charge in [0.25, 0.3) is 8.53 Å². The first-order valence-corrected chi connectivity index (χ1v) is 5.65. The number of hydrogen-bond acceptors (Lipinski definition) is 3. The van der Waals surface area contributed by atoms with E-state index >= 15 is 0 Å². The molecular formula is C8H22NO2P. The van der Waals surface area contributed by atoms with E-state index in [1.807, 2.05) is 41.5 Å². The van der Waals surface area contributed by atoms with Gasteiger partial charge in [0.15, 0.2) is 0 Å². The molecule has 0 aliphatic carbocycles. The summed E-state index contributed by atoms with van der Waals surface area (Å²) in [4.78, 5) is 0. The van der Waals surface area contributed by atoms with Gasteiger partial charge in [0.2, 0.25) is 0 Å². The zero-order valence-electron chi connectivity index (χ0n) is 9.00. The number of nitrogens with two attached hydrogens (primary N) is 1. The Morgan fingerprint density at radius 2 is 1.17 bits per heavy atom.